The molecule has 0 saturated heterocycles. The van der Waals surface area contributed by atoms with E-state index in [1.54, 1.807) is 43.5 Å². The molecular weight excluding hydrogens is 538 g/mol. The molecule has 186 valence electrons. The number of hydrogen-bond acceptors (Lipinski definition) is 5. The maximum Gasteiger partial charge on any atom is 0.342 e. The molecule has 0 aliphatic heterocycles. The monoisotopic (exact) mass is 554 g/mol. The average molecular weight is 555 g/mol. The van der Waals surface area contributed by atoms with Gasteiger partial charge in [0.15, 0.2) is 0 Å². The molecule has 0 aliphatic carbocycles. The summed E-state index contributed by atoms with van der Waals surface area (Å²) in [6.07, 6.45) is 3.12. The summed E-state index contributed by atoms with van der Waals surface area (Å²) >= 11 is 18.0. The molecule has 3 aromatic heterocycles. The topological polar surface area (TPSA) is 76.7 Å². The number of fused-ring (bicyclic) bond motifs is 1. The van der Waals surface area contributed by atoms with Gasteiger partial charge < -0.3 is 14.1 Å². The molecule has 0 aliphatic rings. The van der Waals surface area contributed by atoms with Gasteiger partial charge in [0.25, 0.3) is 5.56 Å². The number of hydrogen-bond donors (Lipinski definition) is 1. The molecule has 37 heavy (non-hydrogen) atoms. The smallest absolute Gasteiger partial charge is 0.342 e. The third-order valence-electron chi connectivity index (χ3n) is 5.67. The molecule has 0 radical (unpaired) electrons. The molecular formula is C27H17Cl2FN2O4S. The van der Waals surface area contributed by atoms with Crippen LogP contribution in [0.15, 0.2) is 70.0 Å². The summed E-state index contributed by atoms with van der Waals surface area (Å²) in [5, 5.41) is 1.11. The molecule has 6 nitrogen and oxygen atoms in total. The normalized spacial score (nSPS) is 11.8. The molecule has 1 N–H and O–H groups in total. The predicted octanol–water partition coefficient (Wildman–Crippen LogP) is 6.45. The Kier molecular flexibility index (Phi) is 6.72. The zero-order chi connectivity index (χ0) is 26.3. The van der Waals surface area contributed by atoms with Gasteiger partial charge in [-0.15, -0.1) is 0 Å². The number of aromatic amines is 1. The van der Waals surface area contributed by atoms with Gasteiger partial charge in [-0.1, -0.05) is 47.6 Å². The van der Waals surface area contributed by atoms with E-state index >= 15 is 0 Å². The summed E-state index contributed by atoms with van der Waals surface area (Å²) in [4.78, 5) is 28.7. The number of halogens is 3. The van der Waals surface area contributed by atoms with E-state index in [9.17, 15) is 14.0 Å². The van der Waals surface area contributed by atoms with Gasteiger partial charge in [-0.3, -0.25) is 9.20 Å². The fraction of sp³-hybridized carbons (Fsp3) is 0.0741. The molecule has 0 saturated carbocycles. The molecule has 2 aromatic carbocycles. The highest BCUT2D eigenvalue weighted by atomic mass is 35.5. The number of carbonyl (C=O) groups is 1. The Morgan fingerprint density at radius 3 is 2.62 bits per heavy atom. The quantitative estimate of drug-likeness (QED) is 0.199. The molecule has 0 amide bonds. The maximum atomic E-state index is 13.5. The lowest BCUT2D eigenvalue weighted by atomic mass is 10.0. The minimum atomic E-state index is -0.639. The first-order valence-corrected chi connectivity index (χ1v) is 12.2. The second-order valence-corrected chi connectivity index (χ2v) is 9.24. The Balaban J connectivity index is 1.69. The van der Waals surface area contributed by atoms with Gasteiger partial charge in [0.2, 0.25) is 0 Å². The van der Waals surface area contributed by atoms with Crippen LogP contribution in [0.2, 0.25) is 10.0 Å². The van der Waals surface area contributed by atoms with Gasteiger partial charge in [-0.05, 0) is 61.0 Å². The van der Waals surface area contributed by atoms with Crippen LogP contribution in [0.1, 0.15) is 23.0 Å². The number of furan rings is 1. The van der Waals surface area contributed by atoms with Crippen molar-refractivity contribution < 1.29 is 18.3 Å². The fourth-order valence-electron chi connectivity index (χ4n) is 3.98. The highest BCUT2D eigenvalue weighted by molar-refractivity contribution is 7.71. The highest BCUT2D eigenvalue weighted by Crippen LogP contribution is 2.32. The maximum absolute atomic E-state index is 13.5. The lowest BCUT2D eigenvalue weighted by molar-refractivity contribution is 0.0529. The van der Waals surface area contributed by atoms with Crippen LogP contribution in [0.4, 0.5) is 4.39 Å². The standard InChI is InChI=1S/C27H17Cl2FN2O4S/c1-2-35-27(34)23-20(14-3-6-16(30)7-4-14)13-32-24(23)31-25(33)19(26(32)37)12-17-8-10-22(36-17)18-11-15(28)5-9-21(18)29/h3-13H,2H2,1H3,(H,31,33). The number of benzene rings is 2. The Hall–Kier alpha value is -3.72. The molecule has 0 atom stereocenters. The third-order valence-corrected chi connectivity index (χ3v) is 6.65. The van der Waals surface area contributed by atoms with Crippen LogP contribution in [0.5, 0.6) is 0 Å². The van der Waals surface area contributed by atoms with Crippen LogP contribution < -0.4 is 10.8 Å². The minimum Gasteiger partial charge on any atom is -0.462 e. The number of aromatic nitrogens is 2. The summed E-state index contributed by atoms with van der Waals surface area (Å²) in [7, 11) is 0. The number of carbonyl (C=O) groups excluding carboxylic acids is 1. The van der Waals surface area contributed by atoms with E-state index in [1.165, 1.54) is 34.7 Å². The summed E-state index contributed by atoms with van der Waals surface area (Å²) in [6.45, 7) is 1.81. The zero-order valence-corrected chi connectivity index (χ0v) is 21.5. The van der Waals surface area contributed by atoms with Crippen LogP contribution >= 0.6 is 35.4 Å². The molecule has 0 spiro atoms. The Labute approximate surface area is 224 Å². The van der Waals surface area contributed by atoms with Gasteiger partial charge in [0.1, 0.15) is 33.2 Å². The number of nitrogens with zero attached hydrogens (tertiary/aromatic N) is 1. The van der Waals surface area contributed by atoms with Crippen molar-refractivity contribution in [1.29, 1.82) is 0 Å². The second-order valence-electron chi connectivity index (χ2n) is 8.01. The van der Waals surface area contributed by atoms with E-state index in [4.69, 9.17) is 44.6 Å². The lowest BCUT2D eigenvalue weighted by Crippen LogP contribution is -2.30. The predicted molar refractivity (Wildman–Crippen MR) is 143 cm³/mol. The number of H-pyrrole nitrogens is 1. The van der Waals surface area contributed by atoms with Crippen molar-refractivity contribution in [2.75, 3.05) is 6.61 Å². The third kappa shape index (κ3) is 4.71. The number of esters is 1. The first-order chi connectivity index (χ1) is 17.8. The molecule has 0 bridgehead atoms. The van der Waals surface area contributed by atoms with Crippen LogP contribution in [0.3, 0.4) is 0 Å². The SMILES string of the molecule is CCOC(=O)c1c(-c2ccc(F)cc2)cn2c(=S)c(=Cc3ccc(-c4cc(Cl)ccc4Cl)o3)c(=O)[nH]c12. The Morgan fingerprint density at radius 1 is 1.14 bits per heavy atom. The van der Waals surface area contributed by atoms with Crippen molar-refractivity contribution in [3.63, 3.8) is 0 Å². The van der Waals surface area contributed by atoms with Gasteiger partial charge in [0, 0.05) is 22.3 Å². The molecule has 5 rings (SSSR count). The summed E-state index contributed by atoms with van der Waals surface area (Å²) in [6, 6.07) is 14.0. The van der Waals surface area contributed by atoms with E-state index in [-0.39, 0.29) is 27.7 Å². The van der Waals surface area contributed by atoms with Crippen molar-refractivity contribution in [2.24, 2.45) is 0 Å². The second kappa shape index (κ2) is 9.97. The molecule has 0 fully saturated rings. The minimum absolute atomic E-state index is 0.124. The molecule has 3 heterocycles. The van der Waals surface area contributed by atoms with Crippen LogP contribution in [0.25, 0.3) is 34.2 Å². The van der Waals surface area contributed by atoms with Crippen molar-refractivity contribution >= 4 is 53.1 Å². The molecule has 0 unspecified atom stereocenters. The van der Waals surface area contributed by atoms with Crippen molar-refractivity contribution in [2.45, 2.75) is 6.92 Å². The number of nitrogens with one attached hydrogen (secondary N) is 1. The van der Waals surface area contributed by atoms with Crippen molar-refractivity contribution in [3.8, 4) is 22.5 Å². The number of ether oxygens (including phenoxy) is 1. The van der Waals surface area contributed by atoms with Gasteiger partial charge in [-0.25, -0.2) is 9.18 Å². The van der Waals surface area contributed by atoms with Crippen LogP contribution in [0, 0.1) is 10.5 Å². The van der Waals surface area contributed by atoms with E-state index in [0.717, 1.165) is 0 Å². The lowest BCUT2D eigenvalue weighted by Gasteiger charge is -2.05. The summed E-state index contributed by atoms with van der Waals surface area (Å²) in [5.74, 6) is -0.235. The first kappa shape index (κ1) is 25.0. The van der Waals surface area contributed by atoms with E-state index in [1.807, 2.05) is 0 Å². The van der Waals surface area contributed by atoms with Crippen molar-refractivity contribution in [1.82, 2.24) is 9.38 Å². The highest BCUT2D eigenvalue weighted by Gasteiger charge is 2.22. The fourth-order valence-corrected chi connectivity index (χ4v) is 4.66. The van der Waals surface area contributed by atoms with Gasteiger partial charge >= 0.3 is 5.97 Å². The first-order valence-electron chi connectivity index (χ1n) is 11.1. The summed E-state index contributed by atoms with van der Waals surface area (Å²) < 4.78 is 26.3. The molecule has 5 aromatic rings. The average Bonchev–Trinajstić information content (AvgIpc) is 3.49. The van der Waals surface area contributed by atoms with E-state index in [2.05, 4.69) is 4.98 Å². The Morgan fingerprint density at radius 2 is 1.89 bits per heavy atom. The van der Waals surface area contributed by atoms with Crippen molar-refractivity contribution in [3.05, 3.63) is 108 Å². The van der Waals surface area contributed by atoms with E-state index < -0.39 is 17.3 Å². The van der Waals surface area contributed by atoms with Gasteiger partial charge in [0.05, 0.1) is 16.8 Å². The van der Waals surface area contributed by atoms with Gasteiger partial charge in [-0.2, -0.15) is 0 Å². The van der Waals surface area contributed by atoms with Crippen LogP contribution in [-0.4, -0.2) is 22.0 Å². The van der Waals surface area contributed by atoms with E-state index in [0.29, 0.717) is 38.3 Å². The van der Waals surface area contributed by atoms with Crippen LogP contribution in [-0.2, 0) is 4.74 Å². The summed E-state index contributed by atoms with van der Waals surface area (Å²) in [5.41, 5.74) is 1.38. The molecule has 10 heteroatoms. The number of rotatable bonds is 5. The zero-order valence-electron chi connectivity index (χ0n) is 19.2. The Bertz CT molecular complexity index is 1840. The largest absolute Gasteiger partial charge is 0.462 e.